The quantitative estimate of drug-likeness (QED) is 0.202. The SMILES string of the molecule is NC(=O)C1CCC(N[C@H]2CCCC[C@H]2[NH3+])NC1NC1CNC(C2COC3C(=O)C=C(N4CCOCC4)OC32)S1. The van der Waals surface area contributed by atoms with Crippen molar-refractivity contribution in [3.8, 4) is 0 Å². The Morgan fingerprint density at radius 2 is 1.97 bits per heavy atom. The van der Waals surface area contributed by atoms with Crippen LogP contribution in [0.5, 0.6) is 0 Å². The van der Waals surface area contributed by atoms with Crippen molar-refractivity contribution in [1.82, 2.24) is 26.2 Å². The van der Waals surface area contributed by atoms with Gasteiger partial charge >= 0.3 is 0 Å². The van der Waals surface area contributed by atoms with Crippen LogP contribution in [0.2, 0.25) is 0 Å². The van der Waals surface area contributed by atoms with E-state index in [0.29, 0.717) is 50.9 Å². The lowest BCUT2D eigenvalue weighted by Gasteiger charge is -2.40. The molecule has 1 amide bonds. The number of ketones is 1. The van der Waals surface area contributed by atoms with Crippen LogP contribution in [0.25, 0.3) is 0 Å². The standard InChI is InChI=1S/C26H43N7O5S/c27-16-3-1-2-4-17(16)30-19-6-5-14(24(28)35)25(31-19)32-20-12-29-26(39-20)15-13-37-23-18(34)11-21(38-22(15)23)33-7-9-36-10-8-33/h11,14-17,19-20,22-23,25-26,29-32H,1-10,12-13,27H2,(H2,28,35)/p+1/t14?,15?,16-,17+,19?,20?,22?,23?,25?,26?/m1/s1. The van der Waals surface area contributed by atoms with E-state index >= 15 is 0 Å². The summed E-state index contributed by atoms with van der Waals surface area (Å²) in [5.41, 5.74) is 10.2. The lowest BCUT2D eigenvalue weighted by molar-refractivity contribution is -0.431. The first kappa shape index (κ1) is 27.7. The maximum atomic E-state index is 12.9. The molecule has 0 aromatic heterocycles. The van der Waals surface area contributed by atoms with E-state index < -0.39 is 6.10 Å². The van der Waals surface area contributed by atoms with Crippen LogP contribution in [0, 0.1) is 11.8 Å². The zero-order valence-electron chi connectivity index (χ0n) is 22.5. The van der Waals surface area contributed by atoms with E-state index in [1.165, 1.54) is 12.8 Å². The number of hydrogen-bond donors (Lipinski definition) is 6. The zero-order chi connectivity index (χ0) is 26.9. The number of primary amides is 1. The van der Waals surface area contributed by atoms with Gasteiger partial charge in [0, 0.05) is 38.0 Å². The van der Waals surface area contributed by atoms with Gasteiger partial charge in [0.25, 0.3) is 0 Å². The Balaban J connectivity index is 1.06. The molecule has 0 radical (unpaired) electrons. The van der Waals surface area contributed by atoms with Gasteiger partial charge in [-0.3, -0.25) is 25.5 Å². The van der Waals surface area contributed by atoms with E-state index in [9.17, 15) is 9.59 Å². The molecule has 218 valence electrons. The van der Waals surface area contributed by atoms with Gasteiger partial charge < -0.3 is 35.9 Å². The van der Waals surface area contributed by atoms with Gasteiger partial charge in [0.05, 0.1) is 60.9 Å². The minimum Gasteiger partial charge on any atom is -0.472 e. The van der Waals surface area contributed by atoms with E-state index in [2.05, 4.69) is 31.9 Å². The Kier molecular flexibility index (Phi) is 8.66. The Hall–Kier alpha value is -1.45. The second-order valence-corrected chi connectivity index (χ2v) is 13.1. The highest BCUT2D eigenvalue weighted by atomic mass is 32.2. The highest BCUT2D eigenvalue weighted by Gasteiger charge is 2.51. The van der Waals surface area contributed by atoms with Crippen LogP contribution in [-0.2, 0) is 23.8 Å². The molecule has 4 saturated heterocycles. The highest BCUT2D eigenvalue weighted by molar-refractivity contribution is 8.00. The third kappa shape index (κ3) is 6.10. The van der Waals surface area contributed by atoms with Crippen molar-refractivity contribution in [2.45, 2.75) is 85.9 Å². The molecular formula is C26H44N7O5S+. The van der Waals surface area contributed by atoms with Crippen LogP contribution < -0.4 is 32.7 Å². The van der Waals surface area contributed by atoms with Gasteiger partial charge in [-0.2, -0.15) is 0 Å². The van der Waals surface area contributed by atoms with Crippen molar-refractivity contribution in [2.24, 2.45) is 17.6 Å². The lowest BCUT2D eigenvalue weighted by Crippen LogP contribution is -2.73. The minimum absolute atomic E-state index is 0.0235. The fourth-order valence-corrected chi connectivity index (χ4v) is 8.27. The Bertz CT molecular complexity index is 936. The first-order valence-electron chi connectivity index (χ1n) is 14.6. The van der Waals surface area contributed by atoms with Crippen molar-refractivity contribution in [1.29, 1.82) is 0 Å². The average molecular weight is 567 g/mol. The molecule has 39 heavy (non-hydrogen) atoms. The molecule has 1 aliphatic carbocycles. The maximum absolute atomic E-state index is 12.9. The number of fused-ring (bicyclic) bond motifs is 1. The predicted octanol–water partition coefficient (Wildman–Crippen LogP) is -2.00. The highest BCUT2D eigenvalue weighted by Crippen LogP contribution is 2.39. The number of morpholine rings is 1. The summed E-state index contributed by atoms with van der Waals surface area (Å²) in [6, 6.07) is 0.819. The molecule has 0 spiro atoms. The van der Waals surface area contributed by atoms with Gasteiger partial charge in [-0.05, 0) is 25.7 Å². The molecule has 1 saturated carbocycles. The number of nitrogens with two attached hydrogens (primary N) is 1. The molecule has 5 heterocycles. The number of rotatable bonds is 7. The molecule has 6 rings (SSSR count). The Morgan fingerprint density at radius 1 is 1.15 bits per heavy atom. The molecule has 6 aliphatic rings. The van der Waals surface area contributed by atoms with Gasteiger partial charge in [0.1, 0.15) is 6.10 Å². The molecule has 9 N–H and O–H groups in total. The summed E-state index contributed by atoms with van der Waals surface area (Å²) in [5.74, 6) is 0.0899. The number of quaternary nitrogens is 1. The first-order chi connectivity index (χ1) is 19.0. The van der Waals surface area contributed by atoms with Crippen LogP contribution in [0.1, 0.15) is 38.5 Å². The second kappa shape index (κ2) is 12.2. The first-order valence-corrected chi connectivity index (χ1v) is 15.6. The summed E-state index contributed by atoms with van der Waals surface area (Å²) in [5, 5.41) is 14.9. The third-order valence-electron chi connectivity index (χ3n) is 9.12. The predicted molar refractivity (Wildman–Crippen MR) is 145 cm³/mol. The number of carbonyl (C=O) groups is 2. The van der Waals surface area contributed by atoms with E-state index in [-0.39, 0.29) is 52.7 Å². The smallest absolute Gasteiger partial charge is 0.223 e. The van der Waals surface area contributed by atoms with Gasteiger partial charge in [-0.15, -0.1) is 11.8 Å². The van der Waals surface area contributed by atoms with E-state index in [1.54, 1.807) is 17.8 Å². The van der Waals surface area contributed by atoms with Crippen LogP contribution in [0.15, 0.2) is 12.0 Å². The van der Waals surface area contributed by atoms with E-state index in [4.69, 9.17) is 19.9 Å². The number of thioether (sulfide) groups is 1. The van der Waals surface area contributed by atoms with Crippen molar-refractivity contribution in [2.75, 3.05) is 39.5 Å². The Labute approximate surface area is 234 Å². The van der Waals surface area contributed by atoms with Crippen LogP contribution in [0.3, 0.4) is 0 Å². The molecule has 13 heteroatoms. The minimum atomic E-state index is -0.558. The maximum Gasteiger partial charge on any atom is 0.223 e. The topological polar surface area (TPSA) is 167 Å². The largest absolute Gasteiger partial charge is 0.472 e. The average Bonchev–Trinajstić information content (AvgIpc) is 3.58. The fourth-order valence-electron chi connectivity index (χ4n) is 6.87. The van der Waals surface area contributed by atoms with Gasteiger partial charge in [0.2, 0.25) is 5.91 Å². The van der Waals surface area contributed by atoms with E-state index in [0.717, 1.165) is 32.2 Å². The molecule has 0 bridgehead atoms. The molecule has 0 aromatic carbocycles. The summed E-state index contributed by atoms with van der Waals surface area (Å²) >= 11 is 1.78. The number of hydrogen-bond acceptors (Lipinski definition) is 11. The second-order valence-electron chi connectivity index (χ2n) is 11.7. The summed E-state index contributed by atoms with van der Waals surface area (Å²) in [6.07, 6.45) is 7.01. The van der Waals surface area contributed by atoms with Crippen molar-refractivity contribution in [3.05, 3.63) is 12.0 Å². The number of amides is 1. The van der Waals surface area contributed by atoms with Crippen LogP contribution >= 0.6 is 11.8 Å². The van der Waals surface area contributed by atoms with E-state index in [1.807, 2.05) is 0 Å². The van der Waals surface area contributed by atoms with Gasteiger partial charge in [0.15, 0.2) is 17.8 Å². The molecular weight excluding hydrogens is 522 g/mol. The fraction of sp³-hybridized carbons (Fsp3) is 0.846. The molecule has 5 aliphatic heterocycles. The van der Waals surface area contributed by atoms with Crippen molar-refractivity contribution in [3.63, 3.8) is 0 Å². The van der Waals surface area contributed by atoms with Crippen LogP contribution in [0.4, 0.5) is 0 Å². The van der Waals surface area contributed by atoms with Gasteiger partial charge in [-0.1, -0.05) is 6.42 Å². The summed E-state index contributed by atoms with van der Waals surface area (Å²) in [4.78, 5) is 27.3. The number of piperidine rings is 1. The summed E-state index contributed by atoms with van der Waals surface area (Å²) < 4.78 is 17.8. The third-order valence-corrected chi connectivity index (χ3v) is 10.6. The molecule has 0 aromatic rings. The lowest BCUT2D eigenvalue weighted by atomic mass is 9.89. The molecule has 8 unspecified atom stereocenters. The monoisotopic (exact) mass is 566 g/mol. The molecule has 12 nitrogen and oxygen atoms in total. The molecule has 10 atom stereocenters. The Morgan fingerprint density at radius 3 is 2.77 bits per heavy atom. The number of nitrogens with zero attached hydrogens (tertiary/aromatic N) is 1. The summed E-state index contributed by atoms with van der Waals surface area (Å²) in [7, 11) is 0. The van der Waals surface area contributed by atoms with Crippen LogP contribution in [-0.4, -0.2) is 103 Å². The number of carbonyl (C=O) groups excluding carboxylic acids is 2. The van der Waals surface area contributed by atoms with Crippen molar-refractivity contribution < 1.29 is 29.5 Å². The zero-order valence-corrected chi connectivity index (χ0v) is 23.3. The summed E-state index contributed by atoms with van der Waals surface area (Å²) in [6.45, 7) is 3.88. The number of ether oxygens (including phenoxy) is 3. The number of nitrogens with one attached hydrogen (secondary N) is 4. The molecule has 5 fully saturated rings. The normalized spacial score (nSPS) is 43.1. The van der Waals surface area contributed by atoms with Crippen molar-refractivity contribution >= 4 is 23.5 Å². The van der Waals surface area contributed by atoms with Gasteiger partial charge in [-0.25, -0.2) is 0 Å².